The maximum Gasteiger partial charge on any atom is 0.254 e. The summed E-state index contributed by atoms with van der Waals surface area (Å²) in [6, 6.07) is 0. The summed E-state index contributed by atoms with van der Waals surface area (Å²) in [6.45, 7) is 7.79. The SMILES string of the molecule is CCCCCCCCCCCCS(=O)(=O)N=CN(CC)CC. The van der Waals surface area contributed by atoms with E-state index in [4.69, 9.17) is 0 Å². The minimum atomic E-state index is -3.28. The quantitative estimate of drug-likeness (QED) is 0.250. The average Bonchev–Trinajstić information content (AvgIpc) is 2.50. The monoisotopic (exact) mass is 332 g/mol. The topological polar surface area (TPSA) is 49.7 Å². The van der Waals surface area contributed by atoms with Crippen LogP contribution < -0.4 is 0 Å². The van der Waals surface area contributed by atoms with Crippen LogP contribution in [0.25, 0.3) is 0 Å². The second kappa shape index (κ2) is 14.0. The molecule has 0 heterocycles. The highest BCUT2D eigenvalue weighted by molar-refractivity contribution is 7.90. The zero-order valence-electron chi connectivity index (χ0n) is 14.9. The van der Waals surface area contributed by atoms with Crippen molar-refractivity contribution in [3.05, 3.63) is 0 Å². The van der Waals surface area contributed by atoms with Crippen LogP contribution in [-0.2, 0) is 10.0 Å². The summed E-state index contributed by atoms with van der Waals surface area (Å²) in [5.74, 6) is 0.182. The van der Waals surface area contributed by atoms with Gasteiger partial charge in [0.1, 0.15) is 6.34 Å². The molecule has 0 aliphatic heterocycles. The Balaban J connectivity index is 3.61. The summed E-state index contributed by atoms with van der Waals surface area (Å²) in [5.41, 5.74) is 0. The lowest BCUT2D eigenvalue weighted by molar-refractivity contribution is 0.479. The van der Waals surface area contributed by atoms with E-state index in [9.17, 15) is 8.42 Å². The molecule has 0 amide bonds. The van der Waals surface area contributed by atoms with Gasteiger partial charge in [-0.3, -0.25) is 0 Å². The second-order valence-corrected chi connectivity index (χ2v) is 7.69. The molecule has 0 aliphatic rings. The molecule has 132 valence electrons. The average molecular weight is 333 g/mol. The van der Waals surface area contributed by atoms with E-state index in [1.54, 1.807) is 0 Å². The standard InChI is InChI=1S/C17H36N2O2S/c1-4-7-8-9-10-11-12-13-14-15-16-22(20,21)18-17-19(5-2)6-3/h17H,4-16H2,1-3H3. The van der Waals surface area contributed by atoms with Crippen molar-refractivity contribution in [1.82, 2.24) is 4.90 Å². The normalized spacial score (nSPS) is 12.1. The van der Waals surface area contributed by atoms with E-state index in [-0.39, 0.29) is 5.75 Å². The van der Waals surface area contributed by atoms with E-state index in [0.29, 0.717) is 0 Å². The van der Waals surface area contributed by atoms with Crippen LogP contribution in [0.4, 0.5) is 0 Å². The highest BCUT2D eigenvalue weighted by Gasteiger charge is 2.07. The van der Waals surface area contributed by atoms with E-state index < -0.39 is 10.0 Å². The van der Waals surface area contributed by atoms with Crippen molar-refractivity contribution in [3.8, 4) is 0 Å². The second-order valence-electron chi connectivity index (χ2n) is 5.91. The van der Waals surface area contributed by atoms with Crippen LogP contribution in [0.1, 0.15) is 85.0 Å². The van der Waals surface area contributed by atoms with E-state index in [1.807, 2.05) is 18.7 Å². The van der Waals surface area contributed by atoms with Gasteiger partial charge in [0.05, 0.1) is 5.75 Å². The summed E-state index contributed by atoms with van der Waals surface area (Å²) in [7, 11) is -3.28. The Morgan fingerprint density at radius 3 is 1.68 bits per heavy atom. The largest absolute Gasteiger partial charge is 0.362 e. The summed E-state index contributed by atoms with van der Waals surface area (Å²) in [6.07, 6.45) is 13.5. The molecule has 0 spiro atoms. The van der Waals surface area contributed by atoms with Gasteiger partial charge >= 0.3 is 0 Å². The van der Waals surface area contributed by atoms with Gasteiger partial charge in [0, 0.05) is 13.1 Å². The summed E-state index contributed by atoms with van der Waals surface area (Å²) < 4.78 is 27.3. The third kappa shape index (κ3) is 13.1. The Hall–Kier alpha value is -0.580. The van der Waals surface area contributed by atoms with Gasteiger partial charge in [-0.2, -0.15) is 4.40 Å². The van der Waals surface area contributed by atoms with Crippen molar-refractivity contribution in [2.75, 3.05) is 18.8 Å². The molecule has 0 fully saturated rings. The van der Waals surface area contributed by atoms with Crippen molar-refractivity contribution in [2.24, 2.45) is 4.40 Å². The molecule has 0 unspecified atom stereocenters. The Labute approximate surface area is 138 Å². The van der Waals surface area contributed by atoms with Gasteiger partial charge in [0.2, 0.25) is 0 Å². The molecule has 0 saturated heterocycles. The Bertz CT molecular complexity index is 363. The lowest BCUT2D eigenvalue weighted by Gasteiger charge is -2.13. The number of rotatable bonds is 15. The van der Waals surface area contributed by atoms with Crippen molar-refractivity contribution < 1.29 is 8.42 Å². The van der Waals surface area contributed by atoms with Crippen molar-refractivity contribution in [2.45, 2.75) is 85.0 Å². The van der Waals surface area contributed by atoms with Gasteiger partial charge in [-0.05, 0) is 20.3 Å². The van der Waals surface area contributed by atoms with Gasteiger partial charge in [-0.25, -0.2) is 8.42 Å². The van der Waals surface area contributed by atoms with Gasteiger partial charge in [0.25, 0.3) is 10.0 Å². The fourth-order valence-electron chi connectivity index (χ4n) is 2.35. The van der Waals surface area contributed by atoms with Crippen molar-refractivity contribution >= 4 is 16.4 Å². The number of hydrogen-bond acceptors (Lipinski definition) is 2. The molecule has 0 saturated carbocycles. The Kier molecular flexibility index (Phi) is 13.7. The van der Waals surface area contributed by atoms with Crippen LogP contribution in [0.15, 0.2) is 4.40 Å². The third-order valence-corrected chi connectivity index (χ3v) is 5.16. The molecule has 4 nitrogen and oxygen atoms in total. The number of unbranched alkanes of at least 4 members (excludes halogenated alkanes) is 9. The van der Waals surface area contributed by atoms with E-state index >= 15 is 0 Å². The lowest BCUT2D eigenvalue weighted by atomic mass is 10.1. The maximum atomic E-state index is 11.8. The van der Waals surface area contributed by atoms with Gasteiger partial charge in [0.15, 0.2) is 0 Å². The van der Waals surface area contributed by atoms with Crippen LogP contribution in [-0.4, -0.2) is 38.5 Å². The summed E-state index contributed by atoms with van der Waals surface area (Å²) in [4.78, 5) is 1.89. The fourth-order valence-corrected chi connectivity index (χ4v) is 3.30. The predicted molar refractivity (Wildman–Crippen MR) is 97.0 cm³/mol. The minimum Gasteiger partial charge on any atom is -0.362 e. The molecule has 0 aromatic rings. The Morgan fingerprint density at radius 2 is 1.23 bits per heavy atom. The predicted octanol–water partition coefficient (Wildman–Crippen LogP) is 4.61. The van der Waals surface area contributed by atoms with Gasteiger partial charge in [-0.15, -0.1) is 0 Å². The smallest absolute Gasteiger partial charge is 0.254 e. The molecule has 0 aliphatic carbocycles. The molecule has 0 bridgehead atoms. The molecule has 5 heteroatoms. The van der Waals surface area contributed by atoms with Crippen LogP contribution in [0.5, 0.6) is 0 Å². The zero-order chi connectivity index (χ0) is 16.7. The minimum absolute atomic E-state index is 0.182. The molecule has 0 N–H and O–H groups in total. The van der Waals surface area contributed by atoms with E-state index in [2.05, 4.69) is 11.3 Å². The fraction of sp³-hybridized carbons (Fsp3) is 0.941. The van der Waals surface area contributed by atoms with Crippen LogP contribution >= 0.6 is 0 Å². The molecular weight excluding hydrogens is 296 g/mol. The zero-order valence-corrected chi connectivity index (χ0v) is 15.7. The molecule has 0 aromatic heterocycles. The number of sulfonamides is 1. The van der Waals surface area contributed by atoms with Crippen LogP contribution in [0, 0.1) is 0 Å². The first-order chi connectivity index (χ1) is 10.6. The molecule has 0 aromatic carbocycles. The first kappa shape index (κ1) is 21.4. The molecular formula is C17H36N2O2S. The van der Waals surface area contributed by atoms with Gasteiger partial charge < -0.3 is 4.90 Å². The van der Waals surface area contributed by atoms with Crippen LogP contribution in [0.3, 0.4) is 0 Å². The molecule has 22 heavy (non-hydrogen) atoms. The van der Waals surface area contributed by atoms with Crippen LogP contribution in [0.2, 0.25) is 0 Å². The van der Waals surface area contributed by atoms with E-state index in [0.717, 1.165) is 32.4 Å². The highest BCUT2D eigenvalue weighted by atomic mass is 32.2. The third-order valence-electron chi connectivity index (χ3n) is 3.94. The Morgan fingerprint density at radius 1 is 0.773 bits per heavy atom. The number of hydrogen-bond donors (Lipinski definition) is 0. The molecule has 0 atom stereocenters. The molecule has 0 rings (SSSR count). The highest BCUT2D eigenvalue weighted by Crippen LogP contribution is 2.11. The van der Waals surface area contributed by atoms with Crippen molar-refractivity contribution in [3.63, 3.8) is 0 Å². The first-order valence-corrected chi connectivity index (χ1v) is 10.7. The summed E-state index contributed by atoms with van der Waals surface area (Å²) in [5, 5.41) is 0. The lowest BCUT2D eigenvalue weighted by Crippen LogP contribution is -2.21. The maximum absolute atomic E-state index is 11.8. The van der Waals surface area contributed by atoms with Crippen molar-refractivity contribution in [1.29, 1.82) is 0 Å². The van der Waals surface area contributed by atoms with Gasteiger partial charge in [-0.1, -0.05) is 64.7 Å². The first-order valence-electron chi connectivity index (χ1n) is 9.07. The summed E-state index contributed by atoms with van der Waals surface area (Å²) >= 11 is 0. The molecule has 0 radical (unpaired) electrons. The number of nitrogens with zero attached hydrogens (tertiary/aromatic N) is 2. The van der Waals surface area contributed by atoms with E-state index in [1.165, 1.54) is 51.3 Å².